The highest BCUT2D eigenvalue weighted by molar-refractivity contribution is 7.92. The molecule has 3 aromatic rings. The molecule has 0 saturated carbocycles. The lowest BCUT2D eigenvalue weighted by Crippen LogP contribution is -2.16. The molecule has 9 nitrogen and oxygen atoms in total. The van der Waals surface area contributed by atoms with Crippen molar-refractivity contribution in [1.82, 2.24) is 0 Å². The largest absolute Gasteiger partial charge is 0.495 e. The van der Waals surface area contributed by atoms with Crippen LogP contribution in [0.25, 0.3) is 0 Å². The number of hydrogen-bond acceptors (Lipinski definition) is 6. The van der Waals surface area contributed by atoms with Gasteiger partial charge in [-0.15, -0.1) is 0 Å². The van der Waals surface area contributed by atoms with Crippen molar-refractivity contribution in [1.29, 1.82) is 0 Å². The molecule has 0 heterocycles. The van der Waals surface area contributed by atoms with Crippen molar-refractivity contribution in [3.8, 4) is 17.2 Å². The Bertz CT molecular complexity index is 1240. The summed E-state index contributed by atoms with van der Waals surface area (Å²) >= 11 is 0. The maximum atomic E-state index is 13.1. The Morgan fingerprint density at radius 3 is 2.00 bits per heavy atom. The SMILES string of the molecule is COc1ccc(C(=O)O)cc1S(=O)(=O)Nc1cc(C(=O)O)ccc1Oc1ccccc1. The van der Waals surface area contributed by atoms with Crippen molar-refractivity contribution in [2.24, 2.45) is 0 Å². The van der Waals surface area contributed by atoms with Crippen LogP contribution in [0.15, 0.2) is 71.6 Å². The molecule has 0 fully saturated rings. The number of carboxylic acid groups (broad SMARTS) is 2. The maximum absolute atomic E-state index is 13.1. The van der Waals surface area contributed by atoms with Gasteiger partial charge in [-0.05, 0) is 48.5 Å². The molecule has 160 valence electrons. The Labute approximate surface area is 177 Å². The van der Waals surface area contributed by atoms with Gasteiger partial charge in [0.15, 0.2) is 5.75 Å². The number of carbonyl (C=O) groups is 2. The van der Waals surface area contributed by atoms with Gasteiger partial charge in [-0.2, -0.15) is 0 Å². The Morgan fingerprint density at radius 2 is 1.42 bits per heavy atom. The number of aromatic carboxylic acids is 2. The van der Waals surface area contributed by atoms with Crippen LogP contribution in [-0.4, -0.2) is 37.7 Å². The second-order valence-corrected chi connectivity index (χ2v) is 7.86. The van der Waals surface area contributed by atoms with Crippen molar-refractivity contribution in [3.63, 3.8) is 0 Å². The maximum Gasteiger partial charge on any atom is 0.335 e. The van der Waals surface area contributed by atoms with Gasteiger partial charge in [-0.1, -0.05) is 18.2 Å². The predicted octanol–water partition coefficient (Wildman–Crippen LogP) is 3.68. The van der Waals surface area contributed by atoms with E-state index in [0.717, 1.165) is 12.1 Å². The molecule has 0 spiro atoms. The summed E-state index contributed by atoms with van der Waals surface area (Å²) in [4.78, 5) is 22.2. The van der Waals surface area contributed by atoms with E-state index in [9.17, 15) is 28.2 Å². The molecule has 0 aliphatic carbocycles. The average molecular weight is 443 g/mol. The van der Waals surface area contributed by atoms with Gasteiger partial charge in [0.2, 0.25) is 0 Å². The lowest BCUT2D eigenvalue weighted by molar-refractivity contribution is 0.0686. The van der Waals surface area contributed by atoms with Crippen LogP contribution in [0, 0.1) is 0 Å². The van der Waals surface area contributed by atoms with Gasteiger partial charge in [0.1, 0.15) is 16.4 Å². The normalized spacial score (nSPS) is 10.9. The van der Waals surface area contributed by atoms with E-state index in [1.165, 1.54) is 31.4 Å². The van der Waals surface area contributed by atoms with E-state index in [4.69, 9.17) is 9.47 Å². The highest BCUT2D eigenvalue weighted by Gasteiger charge is 2.24. The number of para-hydroxylation sites is 1. The van der Waals surface area contributed by atoms with Crippen LogP contribution in [0.2, 0.25) is 0 Å². The minimum atomic E-state index is -4.38. The number of methoxy groups -OCH3 is 1. The first-order valence-corrected chi connectivity index (χ1v) is 10.2. The van der Waals surface area contributed by atoms with Crippen LogP contribution >= 0.6 is 0 Å². The Balaban J connectivity index is 2.07. The molecular formula is C21H17NO8S. The van der Waals surface area contributed by atoms with Crippen molar-refractivity contribution in [2.75, 3.05) is 11.8 Å². The molecule has 3 rings (SSSR count). The summed E-state index contributed by atoms with van der Waals surface area (Å²) in [5, 5.41) is 18.5. The number of rotatable bonds is 8. The number of benzene rings is 3. The fourth-order valence-corrected chi connectivity index (χ4v) is 3.92. The second kappa shape index (κ2) is 8.76. The van der Waals surface area contributed by atoms with Crippen LogP contribution in [-0.2, 0) is 10.0 Å². The van der Waals surface area contributed by atoms with E-state index in [1.807, 2.05) is 0 Å². The number of nitrogens with one attached hydrogen (secondary N) is 1. The third-order valence-electron chi connectivity index (χ3n) is 4.14. The molecule has 0 saturated heterocycles. The Hall–Kier alpha value is -4.05. The summed E-state index contributed by atoms with van der Waals surface area (Å²) in [5.74, 6) is -2.22. The summed E-state index contributed by atoms with van der Waals surface area (Å²) in [6, 6.07) is 15.5. The average Bonchev–Trinajstić information content (AvgIpc) is 2.74. The Morgan fingerprint density at radius 1 is 0.839 bits per heavy atom. The smallest absolute Gasteiger partial charge is 0.335 e. The molecule has 0 radical (unpaired) electrons. The van der Waals surface area contributed by atoms with E-state index in [0.29, 0.717) is 5.75 Å². The molecule has 3 N–H and O–H groups in total. The number of carboxylic acids is 2. The van der Waals surface area contributed by atoms with Gasteiger partial charge >= 0.3 is 11.9 Å². The van der Waals surface area contributed by atoms with E-state index in [-0.39, 0.29) is 28.3 Å². The van der Waals surface area contributed by atoms with Gasteiger partial charge in [-0.3, -0.25) is 4.72 Å². The zero-order chi connectivity index (χ0) is 22.6. The lowest BCUT2D eigenvalue weighted by Gasteiger charge is -2.16. The monoisotopic (exact) mass is 443 g/mol. The summed E-state index contributed by atoms with van der Waals surface area (Å²) in [6.07, 6.45) is 0. The van der Waals surface area contributed by atoms with Crippen molar-refractivity contribution in [2.45, 2.75) is 4.90 Å². The van der Waals surface area contributed by atoms with E-state index >= 15 is 0 Å². The van der Waals surface area contributed by atoms with E-state index in [1.54, 1.807) is 30.3 Å². The quantitative estimate of drug-likeness (QED) is 0.479. The van der Waals surface area contributed by atoms with Crippen molar-refractivity contribution < 1.29 is 37.7 Å². The molecule has 0 bridgehead atoms. The van der Waals surface area contributed by atoms with Gasteiger partial charge in [0.05, 0.1) is 23.9 Å². The first kappa shape index (κ1) is 21.7. The molecule has 0 aliphatic rings. The third-order valence-corrected chi connectivity index (χ3v) is 5.53. The molecule has 0 atom stereocenters. The molecule has 3 aromatic carbocycles. The van der Waals surface area contributed by atoms with Crippen molar-refractivity contribution in [3.05, 3.63) is 77.9 Å². The lowest BCUT2D eigenvalue weighted by atomic mass is 10.2. The summed E-state index contributed by atoms with van der Waals surface area (Å²) in [7, 11) is -3.14. The van der Waals surface area contributed by atoms with E-state index < -0.39 is 26.9 Å². The molecular weight excluding hydrogens is 426 g/mol. The molecule has 10 heteroatoms. The zero-order valence-electron chi connectivity index (χ0n) is 16.1. The standard InChI is InChI=1S/C21H17NO8S/c1-29-18-10-8-14(21(25)26)12-19(18)31(27,28)22-16-11-13(20(23)24)7-9-17(16)30-15-5-3-2-4-6-15/h2-12,22H,1H3,(H,23,24)(H,25,26). The number of hydrogen-bond donors (Lipinski definition) is 3. The van der Waals surface area contributed by atoms with Gasteiger partial charge < -0.3 is 19.7 Å². The highest BCUT2D eigenvalue weighted by atomic mass is 32.2. The number of ether oxygens (including phenoxy) is 2. The van der Waals surface area contributed by atoms with Crippen LogP contribution in [0.1, 0.15) is 20.7 Å². The zero-order valence-corrected chi connectivity index (χ0v) is 16.9. The fourth-order valence-electron chi connectivity index (χ4n) is 2.67. The topological polar surface area (TPSA) is 139 Å². The molecule has 31 heavy (non-hydrogen) atoms. The summed E-state index contributed by atoms with van der Waals surface area (Å²) < 4.78 is 39.1. The van der Waals surface area contributed by atoms with Crippen LogP contribution in [0.4, 0.5) is 5.69 Å². The minimum absolute atomic E-state index is 0.0492. The van der Waals surface area contributed by atoms with Crippen LogP contribution in [0.3, 0.4) is 0 Å². The highest BCUT2D eigenvalue weighted by Crippen LogP contribution is 2.34. The molecule has 0 unspecified atom stereocenters. The fraction of sp³-hybridized carbons (Fsp3) is 0.0476. The van der Waals surface area contributed by atoms with Crippen LogP contribution in [0.5, 0.6) is 17.2 Å². The predicted molar refractivity (Wildman–Crippen MR) is 111 cm³/mol. The van der Waals surface area contributed by atoms with Gasteiger partial charge in [0, 0.05) is 0 Å². The van der Waals surface area contributed by atoms with Crippen LogP contribution < -0.4 is 14.2 Å². The minimum Gasteiger partial charge on any atom is -0.495 e. The van der Waals surface area contributed by atoms with Crippen molar-refractivity contribution >= 4 is 27.6 Å². The van der Waals surface area contributed by atoms with Gasteiger partial charge in [-0.25, -0.2) is 18.0 Å². The first-order valence-electron chi connectivity index (χ1n) is 8.75. The molecule has 0 aromatic heterocycles. The molecule has 0 amide bonds. The van der Waals surface area contributed by atoms with E-state index in [2.05, 4.69) is 4.72 Å². The summed E-state index contributed by atoms with van der Waals surface area (Å²) in [6.45, 7) is 0. The number of anilines is 1. The van der Waals surface area contributed by atoms with Gasteiger partial charge in [0.25, 0.3) is 10.0 Å². The number of sulfonamides is 1. The second-order valence-electron chi connectivity index (χ2n) is 6.21. The molecule has 0 aliphatic heterocycles. The first-order chi connectivity index (χ1) is 14.7. The third kappa shape index (κ3) is 4.93. The Kier molecular flexibility index (Phi) is 6.12. The summed E-state index contributed by atoms with van der Waals surface area (Å²) in [5.41, 5.74) is -0.586.